The van der Waals surface area contributed by atoms with Gasteiger partial charge in [0.15, 0.2) is 0 Å². The first-order valence-electron chi connectivity index (χ1n) is 6.40. The van der Waals surface area contributed by atoms with E-state index in [1.165, 1.54) is 0 Å². The highest BCUT2D eigenvalue weighted by Gasteiger charge is 2.09. The van der Waals surface area contributed by atoms with E-state index < -0.39 is 11.0 Å². The molecule has 22 heavy (non-hydrogen) atoms. The van der Waals surface area contributed by atoms with Crippen molar-refractivity contribution in [1.82, 2.24) is 0 Å². The summed E-state index contributed by atoms with van der Waals surface area (Å²) in [5.41, 5.74) is 0.767. The van der Waals surface area contributed by atoms with Crippen LogP contribution in [0.5, 0.6) is 0 Å². The number of halogens is 2. The van der Waals surface area contributed by atoms with Gasteiger partial charge in [0.05, 0.1) is 10.6 Å². The molecular weight excluding hydrogens is 357 g/mol. The highest BCUT2D eigenvalue weighted by molar-refractivity contribution is 7.86. The van der Waals surface area contributed by atoms with Crippen LogP contribution < -0.4 is 4.72 Å². The van der Waals surface area contributed by atoms with Crippen LogP contribution in [-0.4, -0.2) is 4.21 Å². The van der Waals surface area contributed by atoms with Crippen molar-refractivity contribution in [2.75, 3.05) is 4.72 Å². The number of anilines is 1. The van der Waals surface area contributed by atoms with Gasteiger partial charge in [0, 0.05) is 20.3 Å². The van der Waals surface area contributed by atoms with Crippen molar-refractivity contribution in [1.29, 1.82) is 0 Å². The lowest BCUT2D eigenvalue weighted by atomic mass is 10.1. The Morgan fingerprint density at radius 3 is 2.27 bits per heavy atom. The third-order valence-corrected chi connectivity index (χ3v) is 5.05. The maximum absolute atomic E-state index is 12.5. The Balaban J connectivity index is 1.99. The van der Waals surface area contributed by atoms with E-state index in [2.05, 4.69) is 17.4 Å². The van der Waals surface area contributed by atoms with E-state index in [0.29, 0.717) is 14.9 Å². The maximum atomic E-state index is 12.5. The molecule has 1 N–H and O–H groups in total. The molecule has 3 aromatic rings. The van der Waals surface area contributed by atoms with Crippen LogP contribution in [0, 0.1) is 0 Å². The lowest BCUT2D eigenvalue weighted by Gasteiger charge is -2.11. The summed E-state index contributed by atoms with van der Waals surface area (Å²) >= 11 is 16.4. The molecule has 3 aromatic carbocycles. The monoisotopic (exact) mass is 367 g/mol. The van der Waals surface area contributed by atoms with Crippen LogP contribution in [0.2, 0.25) is 10.0 Å². The summed E-state index contributed by atoms with van der Waals surface area (Å²) < 4.78 is 15.5. The Kier molecular flexibility index (Phi) is 4.64. The van der Waals surface area contributed by atoms with Gasteiger partial charge in [-0.2, -0.15) is 0 Å². The van der Waals surface area contributed by atoms with Gasteiger partial charge in [-0.15, -0.1) is 12.6 Å². The molecule has 0 amide bonds. The molecule has 1 atom stereocenters. The van der Waals surface area contributed by atoms with E-state index in [1.54, 1.807) is 18.2 Å². The fourth-order valence-corrected chi connectivity index (χ4v) is 4.08. The summed E-state index contributed by atoms with van der Waals surface area (Å²) in [7, 11) is -1.46. The highest BCUT2D eigenvalue weighted by Crippen LogP contribution is 2.29. The molecule has 3 rings (SSSR count). The number of hydrogen-bond acceptors (Lipinski definition) is 2. The van der Waals surface area contributed by atoms with Crippen LogP contribution in [0.25, 0.3) is 10.8 Å². The molecule has 6 heteroatoms. The fraction of sp³-hybridized carbons (Fsp3) is 0. The normalized spacial score (nSPS) is 12.3. The van der Waals surface area contributed by atoms with Crippen molar-refractivity contribution >= 4 is 63.3 Å². The van der Waals surface area contributed by atoms with Crippen molar-refractivity contribution in [2.45, 2.75) is 9.79 Å². The van der Waals surface area contributed by atoms with E-state index >= 15 is 0 Å². The van der Waals surface area contributed by atoms with Gasteiger partial charge in [-0.3, -0.25) is 0 Å². The molecule has 0 aliphatic carbocycles. The van der Waals surface area contributed by atoms with Gasteiger partial charge in [0.1, 0.15) is 11.0 Å². The molecule has 0 aliphatic heterocycles. The van der Waals surface area contributed by atoms with Gasteiger partial charge >= 0.3 is 0 Å². The van der Waals surface area contributed by atoms with Crippen LogP contribution in [0.1, 0.15) is 0 Å². The zero-order valence-electron chi connectivity index (χ0n) is 11.2. The SMILES string of the molecule is O=S(Nc1cccc2c(S)cccc12)c1cc(Cl)cc(Cl)c1. The molecule has 1 unspecified atom stereocenters. The van der Waals surface area contributed by atoms with Gasteiger partial charge in [-0.25, -0.2) is 4.21 Å². The molecule has 0 saturated carbocycles. The highest BCUT2D eigenvalue weighted by atomic mass is 35.5. The minimum Gasteiger partial charge on any atom is -0.301 e. The molecule has 0 aliphatic rings. The molecule has 2 nitrogen and oxygen atoms in total. The van der Waals surface area contributed by atoms with Crippen LogP contribution in [-0.2, 0) is 11.0 Å². The summed E-state index contributed by atoms with van der Waals surface area (Å²) in [5, 5.41) is 2.86. The van der Waals surface area contributed by atoms with E-state index in [9.17, 15) is 4.21 Å². The van der Waals surface area contributed by atoms with E-state index in [4.69, 9.17) is 23.2 Å². The van der Waals surface area contributed by atoms with E-state index in [-0.39, 0.29) is 0 Å². The first-order chi connectivity index (χ1) is 10.5. The van der Waals surface area contributed by atoms with E-state index in [0.717, 1.165) is 21.4 Å². The van der Waals surface area contributed by atoms with Gasteiger partial charge in [0.25, 0.3) is 0 Å². The van der Waals surface area contributed by atoms with Gasteiger partial charge < -0.3 is 4.72 Å². The number of benzene rings is 3. The van der Waals surface area contributed by atoms with Crippen LogP contribution in [0.3, 0.4) is 0 Å². The van der Waals surface area contributed by atoms with Gasteiger partial charge in [0.2, 0.25) is 0 Å². The van der Waals surface area contributed by atoms with Crippen molar-refractivity contribution in [3.63, 3.8) is 0 Å². The molecule has 0 bridgehead atoms. The standard InChI is InChI=1S/C16H11Cl2NOS2/c17-10-7-11(18)9-12(8-10)22(20)19-15-5-1-4-14-13(15)3-2-6-16(14)21/h1-9,19,21H. The zero-order valence-corrected chi connectivity index (χ0v) is 14.4. The second kappa shape index (κ2) is 6.50. The predicted octanol–water partition coefficient (Wildman–Crippen LogP) is 5.57. The minimum atomic E-state index is -1.46. The summed E-state index contributed by atoms with van der Waals surface area (Å²) in [6.07, 6.45) is 0. The summed E-state index contributed by atoms with van der Waals surface area (Å²) in [5.74, 6) is 0. The number of rotatable bonds is 3. The molecule has 0 heterocycles. The van der Waals surface area contributed by atoms with Gasteiger partial charge in [-0.1, -0.05) is 47.5 Å². The molecule has 112 valence electrons. The summed E-state index contributed by atoms with van der Waals surface area (Å²) in [4.78, 5) is 1.40. The third-order valence-electron chi connectivity index (χ3n) is 3.15. The van der Waals surface area contributed by atoms with Crippen LogP contribution in [0.15, 0.2) is 64.4 Å². The Hall–Kier alpha value is -1.20. The van der Waals surface area contributed by atoms with Gasteiger partial charge in [-0.05, 0) is 35.7 Å². The molecule has 0 saturated heterocycles. The Morgan fingerprint density at radius 2 is 1.55 bits per heavy atom. The maximum Gasteiger partial charge on any atom is 0.150 e. The molecule has 0 radical (unpaired) electrons. The first-order valence-corrected chi connectivity index (χ1v) is 8.75. The number of hydrogen-bond donors (Lipinski definition) is 2. The quantitative estimate of drug-likeness (QED) is 0.582. The average molecular weight is 368 g/mol. The van der Waals surface area contributed by atoms with E-state index in [1.807, 2.05) is 36.4 Å². The molecular formula is C16H11Cl2NOS2. The Labute approximate surface area is 146 Å². The molecule has 0 spiro atoms. The fourth-order valence-electron chi connectivity index (χ4n) is 2.18. The third kappa shape index (κ3) is 3.25. The molecule has 0 fully saturated rings. The first kappa shape index (κ1) is 15.7. The number of fused-ring (bicyclic) bond motifs is 1. The lowest BCUT2D eigenvalue weighted by molar-refractivity contribution is 0.686. The Morgan fingerprint density at radius 1 is 0.909 bits per heavy atom. The largest absolute Gasteiger partial charge is 0.301 e. The Bertz CT molecular complexity index is 863. The lowest BCUT2D eigenvalue weighted by Crippen LogP contribution is -2.05. The number of thiol groups is 1. The predicted molar refractivity (Wildman–Crippen MR) is 97.7 cm³/mol. The van der Waals surface area contributed by atoms with Crippen molar-refractivity contribution in [3.8, 4) is 0 Å². The average Bonchev–Trinajstić information content (AvgIpc) is 2.47. The summed E-state index contributed by atoms with van der Waals surface area (Å²) in [6.45, 7) is 0. The molecule has 0 aromatic heterocycles. The van der Waals surface area contributed by atoms with Crippen molar-refractivity contribution in [2.24, 2.45) is 0 Å². The topological polar surface area (TPSA) is 29.1 Å². The van der Waals surface area contributed by atoms with Crippen molar-refractivity contribution in [3.05, 3.63) is 64.6 Å². The zero-order chi connectivity index (χ0) is 15.7. The van der Waals surface area contributed by atoms with Crippen LogP contribution in [0.4, 0.5) is 5.69 Å². The smallest absolute Gasteiger partial charge is 0.150 e. The van der Waals surface area contributed by atoms with Crippen LogP contribution >= 0.6 is 35.8 Å². The second-order valence-corrected chi connectivity index (χ2v) is 7.22. The minimum absolute atomic E-state index is 0.452. The van der Waals surface area contributed by atoms with Crippen molar-refractivity contribution < 1.29 is 4.21 Å². The second-order valence-electron chi connectivity index (χ2n) is 4.65. The number of nitrogens with one attached hydrogen (secondary N) is 1. The summed E-state index contributed by atoms with van der Waals surface area (Å²) in [6, 6.07) is 16.4.